The van der Waals surface area contributed by atoms with Crippen molar-refractivity contribution in [1.29, 1.82) is 0 Å². The Labute approximate surface area is 147 Å². The van der Waals surface area contributed by atoms with Crippen molar-refractivity contribution in [2.75, 3.05) is 26.6 Å². The van der Waals surface area contributed by atoms with Gasteiger partial charge in [-0.25, -0.2) is 4.98 Å². The molecular formula is C20H22N2O3. The number of methoxy groups -OCH3 is 2. The molecule has 2 aromatic carbocycles. The number of fused-ring (bicyclic) bond motifs is 1. The molecule has 0 aliphatic rings. The molecule has 3 aromatic rings. The van der Waals surface area contributed by atoms with E-state index >= 15 is 0 Å². The molecule has 0 unspecified atom stereocenters. The van der Waals surface area contributed by atoms with Crippen molar-refractivity contribution in [1.82, 2.24) is 4.98 Å². The summed E-state index contributed by atoms with van der Waals surface area (Å²) in [6.07, 6.45) is 0. The topological polar surface area (TPSA) is 66.6 Å². The second-order valence-corrected chi connectivity index (χ2v) is 5.73. The molecule has 5 heteroatoms. The third kappa shape index (κ3) is 3.05. The minimum Gasteiger partial charge on any atom is -0.493 e. The van der Waals surface area contributed by atoms with Crippen LogP contribution in [0.3, 0.4) is 0 Å². The van der Waals surface area contributed by atoms with E-state index in [-0.39, 0.29) is 0 Å². The van der Waals surface area contributed by atoms with Crippen LogP contribution < -0.4 is 19.9 Å². The number of nitrogens with two attached hydrogens (primary N) is 1. The van der Waals surface area contributed by atoms with Gasteiger partial charge in [0.15, 0.2) is 17.2 Å². The fraction of sp³-hybridized carbons (Fsp3) is 0.250. The molecule has 1 aromatic heterocycles. The van der Waals surface area contributed by atoms with Gasteiger partial charge in [0, 0.05) is 16.3 Å². The monoisotopic (exact) mass is 338 g/mol. The molecule has 130 valence electrons. The van der Waals surface area contributed by atoms with Crippen molar-refractivity contribution in [2.24, 2.45) is 0 Å². The van der Waals surface area contributed by atoms with Crippen LogP contribution in [0, 0.1) is 6.92 Å². The molecule has 0 aliphatic heterocycles. The molecule has 0 aliphatic carbocycles. The average molecular weight is 338 g/mol. The first-order chi connectivity index (χ1) is 12.1. The SMILES string of the molecule is CCOc1c(-c2cccc(C)c2)nc(N)c2cc(OC)c(OC)cc12. The van der Waals surface area contributed by atoms with E-state index in [2.05, 4.69) is 11.1 Å². The Balaban J connectivity index is 2.36. The molecule has 0 fully saturated rings. The maximum absolute atomic E-state index is 6.25. The highest BCUT2D eigenvalue weighted by molar-refractivity contribution is 6.01. The summed E-state index contributed by atoms with van der Waals surface area (Å²) in [5, 5.41) is 1.63. The van der Waals surface area contributed by atoms with Crippen LogP contribution in [-0.2, 0) is 0 Å². The summed E-state index contributed by atoms with van der Waals surface area (Å²) >= 11 is 0. The van der Waals surface area contributed by atoms with Gasteiger partial charge in [-0.15, -0.1) is 0 Å². The quantitative estimate of drug-likeness (QED) is 0.755. The second kappa shape index (κ2) is 6.89. The summed E-state index contributed by atoms with van der Waals surface area (Å²) in [6, 6.07) is 11.8. The van der Waals surface area contributed by atoms with Crippen molar-refractivity contribution in [3.8, 4) is 28.5 Å². The lowest BCUT2D eigenvalue weighted by Gasteiger charge is -2.17. The highest BCUT2D eigenvalue weighted by atomic mass is 16.5. The van der Waals surface area contributed by atoms with Crippen LogP contribution >= 0.6 is 0 Å². The number of nitrogen functional groups attached to an aromatic ring is 1. The molecule has 0 amide bonds. The Kier molecular flexibility index (Phi) is 4.65. The number of ether oxygens (including phenoxy) is 3. The van der Waals surface area contributed by atoms with Crippen LogP contribution in [0.2, 0.25) is 0 Å². The zero-order valence-electron chi connectivity index (χ0n) is 14.9. The van der Waals surface area contributed by atoms with E-state index in [0.29, 0.717) is 29.7 Å². The third-order valence-electron chi connectivity index (χ3n) is 4.07. The standard InChI is InChI=1S/C20H22N2O3/c1-5-25-19-14-10-16(23-3)17(24-4)11-15(14)20(21)22-18(19)13-8-6-7-12(2)9-13/h6-11H,5H2,1-4H3,(H2,21,22). The van der Waals surface area contributed by atoms with Crippen molar-refractivity contribution in [2.45, 2.75) is 13.8 Å². The van der Waals surface area contributed by atoms with E-state index < -0.39 is 0 Å². The maximum Gasteiger partial charge on any atom is 0.161 e. The number of aromatic nitrogens is 1. The number of rotatable bonds is 5. The minimum absolute atomic E-state index is 0.427. The van der Waals surface area contributed by atoms with Gasteiger partial charge in [0.05, 0.1) is 20.8 Å². The van der Waals surface area contributed by atoms with Crippen LogP contribution in [0.1, 0.15) is 12.5 Å². The molecule has 0 atom stereocenters. The van der Waals surface area contributed by atoms with Crippen LogP contribution in [0.25, 0.3) is 22.0 Å². The van der Waals surface area contributed by atoms with Gasteiger partial charge in [-0.2, -0.15) is 0 Å². The van der Waals surface area contributed by atoms with E-state index in [9.17, 15) is 0 Å². The smallest absolute Gasteiger partial charge is 0.161 e. The Hall–Kier alpha value is -2.95. The summed E-state index contributed by atoms with van der Waals surface area (Å²) in [7, 11) is 3.20. The molecule has 0 saturated heterocycles. The lowest BCUT2D eigenvalue weighted by Crippen LogP contribution is -2.02. The third-order valence-corrected chi connectivity index (χ3v) is 4.07. The lowest BCUT2D eigenvalue weighted by atomic mass is 10.0. The Morgan fingerprint density at radius 1 is 1.00 bits per heavy atom. The molecular weight excluding hydrogens is 316 g/mol. The van der Waals surface area contributed by atoms with Crippen LogP contribution in [0.15, 0.2) is 36.4 Å². The van der Waals surface area contributed by atoms with Gasteiger partial charge in [-0.05, 0) is 32.0 Å². The van der Waals surface area contributed by atoms with Crippen LogP contribution in [-0.4, -0.2) is 25.8 Å². The molecule has 5 nitrogen and oxygen atoms in total. The summed E-state index contributed by atoms with van der Waals surface area (Å²) in [5.41, 5.74) is 9.09. The van der Waals surface area contributed by atoms with Crippen molar-refractivity contribution >= 4 is 16.6 Å². The molecule has 25 heavy (non-hydrogen) atoms. The first-order valence-corrected chi connectivity index (χ1v) is 8.14. The van der Waals surface area contributed by atoms with Crippen molar-refractivity contribution < 1.29 is 14.2 Å². The molecule has 3 rings (SSSR count). The Morgan fingerprint density at radius 3 is 2.28 bits per heavy atom. The van der Waals surface area contributed by atoms with Gasteiger partial charge < -0.3 is 19.9 Å². The summed E-state index contributed by atoms with van der Waals surface area (Å²) in [5.74, 6) is 2.35. The summed E-state index contributed by atoms with van der Waals surface area (Å²) < 4.78 is 16.8. The predicted octanol–water partition coefficient (Wildman–Crippen LogP) is 4.21. The zero-order chi connectivity index (χ0) is 18.0. The molecule has 2 N–H and O–H groups in total. The van der Waals surface area contributed by atoms with E-state index in [4.69, 9.17) is 19.9 Å². The zero-order valence-corrected chi connectivity index (χ0v) is 14.9. The van der Waals surface area contributed by atoms with Crippen molar-refractivity contribution in [3.05, 3.63) is 42.0 Å². The maximum atomic E-state index is 6.25. The van der Waals surface area contributed by atoms with Gasteiger partial charge in [-0.1, -0.05) is 23.8 Å². The number of benzene rings is 2. The number of anilines is 1. The first-order valence-electron chi connectivity index (χ1n) is 8.14. The van der Waals surface area contributed by atoms with Gasteiger partial charge >= 0.3 is 0 Å². The predicted molar refractivity (Wildman–Crippen MR) is 101 cm³/mol. The first kappa shape index (κ1) is 16.9. The molecule has 0 radical (unpaired) electrons. The fourth-order valence-electron chi connectivity index (χ4n) is 2.92. The summed E-state index contributed by atoms with van der Waals surface area (Å²) in [4.78, 5) is 4.62. The molecule has 0 saturated carbocycles. The second-order valence-electron chi connectivity index (χ2n) is 5.73. The van der Waals surface area contributed by atoms with E-state index in [1.807, 2.05) is 44.2 Å². The minimum atomic E-state index is 0.427. The highest BCUT2D eigenvalue weighted by Crippen LogP contribution is 2.42. The number of nitrogens with zero attached hydrogens (tertiary/aromatic N) is 1. The van der Waals surface area contributed by atoms with E-state index in [1.165, 1.54) is 0 Å². The van der Waals surface area contributed by atoms with Gasteiger partial charge in [-0.3, -0.25) is 0 Å². The number of aryl methyl sites for hydroxylation is 1. The van der Waals surface area contributed by atoms with Crippen molar-refractivity contribution in [3.63, 3.8) is 0 Å². The van der Waals surface area contributed by atoms with E-state index in [1.54, 1.807) is 14.2 Å². The van der Waals surface area contributed by atoms with Gasteiger partial charge in [0.1, 0.15) is 11.5 Å². The molecule has 0 spiro atoms. The normalized spacial score (nSPS) is 10.7. The highest BCUT2D eigenvalue weighted by Gasteiger charge is 2.18. The number of hydrogen-bond acceptors (Lipinski definition) is 5. The lowest BCUT2D eigenvalue weighted by molar-refractivity contribution is 0.343. The van der Waals surface area contributed by atoms with E-state index in [0.717, 1.165) is 27.6 Å². The number of hydrogen-bond donors (Lipinski definition) is 1. The largest absolute Gasteiger partial charge is 0.493 e. The van der Waals surface area contributed by atoms with Gasteiger partial charge in [0.2, 0.25) is 0 Å². The van der Waals surface area contributed by atoms with Crippen LogP contribution in [0.5, 0.6) is 17.2 Å². The Bertz CT molecular complexity index is 922. The fourth-order valence-corrected chi connectivity index (χ4v) is 2.92. The molecule has 0 bridgehead atoms. The summed E-state index contributed by atoms with van der Waals surface area (Å²) in [6.45, 7) is 4.51. The number of pyridine rings is 1. The molecule has 1 heterocycles. The van der Waals surface area contributed by atoms with Gasteiger partial charge in [0.25, 0.3) is 0 Å². The Morgan fingerprint density at radius 2 is 1.68 bits per heavy atom. The van der Waals surface area contributed by atoms with Crippen LogP contribution in [0.4, 0.5) is 5.82 Å². The average Bonchev–Trinajstić information content (AvgIpc) is 2.62.